The van der Waals surface area contributed by atoms with E-state index in [9.17, 15) is 44.0 Å². The van der Waals surface area contributed by atoms with Gasteiger partial charge in [-0.15, -0.1) is 30.7 Å². The van der Waals surface area contributed by atoms with Crippen molar-refractivity contribution in [1.82, 2.24) is 0 Å². The second-order valence-electron chi connectivity index (χ2n) is 15.1. The first-order chi connectivity index (χ1) is 34.6. The number of aromatic hydroxyl groups is 1. The third-order valence-electron chi connectivity index (χ3n) is 10.4. The zero-order chi connectivity index (χ0) is 52.8. The number of nitrogens with one attached hydrogen (secondary N) is 1. The molecule has 0 heterocycles. The molecule has 24 nitrogen and oxygen atoms in total. The Hall–Kier alpha value is -8.47. The van der Waals surface area contributed by atoms with E-state index in [1.807, 2.05) is 0 Å². The van der Waals surface area contributed by atoms with Crippen LogP contribution in [0.5, 0.6) is 34.5 Å². The topological polar surface area (TPSA) is 340 Å². The molecule has 0 unspecified atom stereocenters. The van der Waals surface area contributed by atoms with Gasteiger partial charge in [-0.1, -0.05) is 0 Å². The molecule has 0 saturated carbocycles. The first-order valence-electron chi connectivity index (χ1n) is 20.7. The van der Waals surface area contributed by atoms with Crippen molar-refractivity contribution in [2.75, 3.05) is 40.9 Å². The Bertz CT molecular complexity index is 3760. The van der Waals surface area contributed by atoms with Crippen LogP contribution in [-0.4, -0.2) is 79.6 Å². The highest BCUT2D eigenvalue weighted by molar-refractivity contribution is 7.87. The summed E-state index contributed by atoms with van der Waals surface area (Å²) in [5, 5.41) is 48.4. The van der Waals surface area contributed by atoms with E-state index in [4.69, 9.17) is 23.7 Å². The van der Waals surface area contributed by atoms with Crippen molar-refractivity contribution in [2.45, 2.75) is 21.6 Å². The normalized spacial score (nSPS) is 12.3. The average molecular weight is 1060 g/mol. The summed E-state index contributed by atoms with van der Waals surface area (Å²) in [6, 6.07) is 25.9. The molecule has 73 heavy (non-hydrogen) atoms. The van der Waals surface area contributed by atoms with Crippen LogP contribution in [0.2, 0.25) is 0 Å². The molecule has 7 rings (SSSR count). The smallest absolute Gasteiger partial charge is 0.296 e. The summed E-state index contributed by atoms with van der Waals surface area (Å²) >= 11 is 0. The number of methoxy groups -OCH3 is 5. The third-order valence-corrected chi connectivity index (χ3v) is 13.0. The number of benzene rings is 7. The molecule has 0 aliphatic heterocycles. The van der Waals surface area contributed by atoms with E-state index >= 15 is 0 Å². The van der Waals surface area contributed by atoms with Gasteiger partial charge in [0, 0.05) is 41.0 Å². The van der Waals surface area contributed by atoms with E-state index in [0.29, 0.717) is 34.4 Å². The Morgan fingerprint density at radius 2 is 0.918 bits per heavy atom. The second kappa shape index (κ2) is 21.5. The van der Waals surface area contributed by atoms with Crippen molar-refractivity contribution in [1.29, 1.82) is 0 Å². The van der Waals surface area contributed by atoms with Gasteiger partial charge < -0.3 is 34.1 Å². The molecule has 0 atom stereocenters. The number of hydrogen-bond donors (Lipinski definition) is 5. The van der Waals surface area contributed by atoms with E-state index in [-0.39, 0.29) is 62.2 Å². The van der Waals surface area contributed by atoms with Gasteiger partial charge >= 0.3 is 0 Å². The minimum Gasteiger partial charge on any atom is -0.505 e. The minimum absolute atomic E-state index is 0.0157. The number of fused-ring (bicyclic) bond motifs is 1. The summed E-state index contributed by atoms with van der Waals surface area (Å²) in [6.07, 6.45) is 0. The zero-order valence-electron chi connectivity index (χ0n) is 39.0. The molecule has 0 amide bonds. The molecule has 7 aromatic rings. The Morgan fingerprint density at radius 3 is 1.41 bits per heavy atom. The molecule has 0 fully saturated rings. The molecule has 27 heteroatoms. The molecule has 0 aliphatic carbocycles. The number of phenolic OH excluding ortho intramolecular Hbond substituents is 1. The van der Waals surface area contributed by atoms with Crippen LogP contribution in [0, 0.1) is 6.92 Å². The van der Waals surface area contributed by atoms with Gasteiger partial charge in [-0.05, 0) is 103 Å². The number of rotatable bonds is 18. The van der Waals surface area contributed by atoms with Crippen LogP contribution in [0.4, 0.5) is 56.9 Å². The quantitative estimate of drug-likeness (QED) is 0.0394. The summed E-state index contributed by atoms with van der Waals surface area (Å²) in [7, 11) is -7.68. The first-order valence-corrected chi connectivity index (χ1v) is 25.0. The van der Waals surface area contributed by atoms with Gasteiger partial charge in [-0.25, -0.2) is 0 Å². The predicted molar refractivity (Wildman–Crippen MR) is 265 cm³/mol. The number of hydrogen-bond acceptors (Lipinski definition) is 21. The molecule has 378 valence electrons. The number of aryl methyl sites for hydroxylation is 1. The maximum atomic E-state index is 12.7. The maximum absolute atomic E-state index is 12.7. The van der Waals surface area contributed by atoms with Crippen LogP contribution in [0.1, 0.15) is 5.56 Å². The largest absolute Gasteiger partial charge is 0.505 e. The lowest BCUT2D eigenvalue weighted by Crippen LogP contribution is -2.03. The molecule has 5 N–H and O–H groups in total. The van der Waals surface area contributed by atoms with Gasteiger partial charge in [0.2, 0.25) is 0 Å². The molecular weight excluding hydrogens is 1010 g/mol. The number of nitrogens with zero attached hydrogens (tertiary/aromatic N) is 8. The molecule has 0 radical (unpaired) electrons. The van der Waals surface area contributed by atoms with Crippen molar-refractivity contribution in [3.63, 3.8) is 0 Å². The highest BCUT2D eigenvalue weighted by Gasteiger charge is 2.24. The van der Waals surface area contributed by atoms with Gasteiger partial charge in [0.25, 0.3) is 30.4 Å². The van der Waals surface area contributed by atoms with Gasteiger partial charge in [-0.3, -0.25) is 13.7 Å². The van der Waals surface area contributed by atoms with Crippen LogP contribution < -0.4 is 29.0 Å². The lowest BCUT2D eigenvalue weighted by atomic mass is 10.1. The summed E-state index contributed by atoms with van der Waals surface area (Å²) < 4.78 is 129. The van der Waals surface area contributed by atoms with Crippen molar-refractivity contribution >= 4 is 98.0 Å². The van der Waals surface area contributed by atoms with E-state index < -0.39 is 62.2 Å². The van der Waals surface area contributed by atoms with E-state index in [2.05, 4.69) is 46.2 Å². The first kappa shape index (κ1) is 52.4. The van der Waals surface area contributed by atoms with Crippen LogP contribution in [0.3, 0.4) is 0 Å². The second-order valence-corrected chi connectivity index (χ2v) is 19.3. The maximum Gasteiger partial charge on any atom is 0.296 e. The summed E-state index contributed by atoms with van der Waals surface area (Å²) in [5.74, 6) is 0.686. The number of azo groups is 4. The Labute approximate surface area is 416 Å². The third kappa shape index (κ3) is 12.2. The Balaban J connectivity index is 1.12. The van der Waals surface area contributed by atoms with Gasteiger partial charge in [0.15, 0.2) is 5.75 Å². The standard InChI is InChI=1S/C46H41N9O15S3/c1-25-17-29(10-15-33(25)49-50-34-16-13-31(71(57,58)59)20-43(34)72(60,61)62)48-51-35-21-40(68-4)36(22-39(35)67-3)52-53-37-23-42(70-6)38(24-41(37)69-5)54-55-45-44(73(63,64)65)19-26-18-28(9-14-32(26)46(45)56)47-27-7-11-30(66-2)12-8-27/h7-24,47,56H,1-6H3,(H,57,58,59)(H,60,61,62)(H,63,64,65). The van der Waals surface area contributed by atoms with Crippen LogP contribution >= 0.6 is 0 Å². The molecule has 0 saturated heterocycles. The monoisotopic (exact) mass is 1060 g/mol. The van der Waals surface area contributed by atoms with Crippen LogP contribution in [0.15, 0.2) is 165 Å². The molecule has 7 aromatic carbocycles. The molecule has 0 bridgehead atoms. The summed E-state index contributed by atoms with van der Waals surface area (Å²) in [4.78, 5) is -2.37. The van der Waals surface area contributed by atoms with Gasteiger partial charge in [0.1, 0.15) is 72.7 Å². The highest BCUT2D eigenvalue weighted by atomic mass is 32.2. The molecule has 0 spiro atoms. The lowest BCUT2D eigenvalue weighted by molar-refractivity contribution is 0.403. The van der Waals surface area contributed by atoms with Crippen LogP contribution in [0.25, 0.3) is 10.8 Å². The zero-order valence-corrected chi connectivity index (χ0v) is 41.4. The van der Waals surface area contributed by atoms with Gasteiger partial charge in [0.05, 0.1) is 51.8 Å². The number of phenols is 1. The van der Waals surface area contributed by atoms with Crippen molar-refractivity contribution < 1.29 is 67.7 Å². The van der Waals surface area contributed by atoms with E-state index in [1.165, 1.54) is 64.8 Å². The SMILES string of the molecule is COc1ccc(Nc2ccc3c(O)c(N=Nc4cc(OC)c(N=Nc5cc(OC)c(N=Nc6ccc(N=Nc7ccc(S(=O)(=O)O)cc7S(=O)(=O)O)c(C)c6)cc5OC)cc4OC)c(S(=O)(=O)O)cc3c2)cc1. The lowest BCUT2D eigenvalue weighted by Gasteiger charge is -2.12. The highest BCUT2D eigenvalue weighted by Crippen LogP contribution is 2.46. The average Bonchev–Trinajstić information content (AvgIpc) is 3.35. The number of ether oxygens (including phenoxy) is 5. The molecule has 0 aromatic heterocycles. The fourth-order valence-corrected chi connectivity index (χ4v) is 8.68. The van der Waals surface area contributed by atoms with Crippen molar-refractivity contribution in [3.8, 4) is 34.5 Å². The minimum atomic E-state index is -4.96. The fraction of sp³-hybridized carbons (Fsp3) is 0.130. The van der Waals surface area contributed by atoms with Gasteiger partial charge in [-0.2, -0.15) is 35.5 Å². The summed E-state index contributed by atoms with van der Waals surface area (Å²) in [6.45, 7) is 1.66. The van der Waals surface area contributed by atoms with Crippen molar-refractivity contribution in [3.05, 3.63) is 115 Å². The molecule has 0 aliphatic rings. The predicted octanol–water partition coefficient (Wildman–Crippen LogP) is 12.0. The van der Waals surface area contributed by atoms with E-state index in [1.54, 1.807) is 62.6 Å². The fourth-order valence-electron chi connectivity index (χ4n) is 6.80. The Kier molecular flexibility index (Phi) is 15.4. The summed E-state index contributed by atoms with van der Waals surface area (Å²) in [5.41, 5.74) is 2.01. The number of anilines is 2. The molecular formula is C46H41N9O15S3. The van der Waals surface area contributed by atoms with Crippen molar-refractivity contribution in [2.24, 2.45) is 40.9 Å². The van der Waals surface area contributed by atoms with Crippen LogP contribution in [-0.2, 0) is 30.4 Å². The van der Waals surface area contributed by atoms with E-state index in [0.717, 1.165) is 18.2 Å². The Morgan fingerprint density at radius 1 is 0.438 bits per heavy atom.